The van der Waals surface area contributed by atoms with Crippen LogP contribution in [0, 0.1) is 5.82 Å². The van der Waals surface area contributed by atoms with Gasteiger partial charge in [0, 0.05) is 13.2 Å². The van der Waals surface area contributed by atoms with Gasteiger partial charge in [0.05, 0.1) is 28.6 Å². The monoisotopic (exact) mass is 241 g/mol. The molecule has 1 heterocycles. The molecule has 16 heavy (non-hydrogen) atoms. The van der Waals surface area contributed by atoms with Crippen molar-refractivity contribution in [1.29, 1.82) is 0 Å². The predicted molar refractivity (Wildman–Crippen MR) is 59.2 cm³/mol. The zero-order chi connectivity index (χ0) is 11.9. The van der Waals surface area contributed by atoms with Gasteiger partial charge in [-0.15, -0.1) is 0 Å². The Hall–Kier alpha value is -1.55. The molecule has 1 aromatic carbocycles. The van der Waals surface area contributed by atoms with E-state index in [1.807, 2.05) is 0 Å². The molecule has 0 unspecified atom stereocenters. The smallest absolute Gasteiger partial charge is 0.340 e. The maximum absolute atomic E-state index is 14.0. The van der Waals surface area contributed by atoms with E-state index >= 15 is 0 Å². The molecule has 84 valence electrons. The maximum Gasteiger partial charge on any atom is 0.340 e. The number of hydrogen-bond donors (Lipinski definition) is 0. The minimum absolute atomic E-state index is 0.108. The van der Waals surface area contributed by atoms with Crippen LogP contribution in [0.5, 0.6) is 0 Å². The molecule has 0 N–H and O–H groups in total. The first-order valence-corrected chi connectivity index (χ1v) is 4.95. The summed E-state index contributed by atoms with van der Waals surface area (Å²) >= 11 is 5.89. The highest BCUT2D eigenvalue weighted by molar-refractivity contribution is 6.35. The number of carbonyl (C=O) groups is 1. The molecular weight excluding hydrogens is 233 g/mol. The Morgan fingerprint density at radius 1 is 1.50 bits per heavy atom. The van der Waals surface area contributed by atoms with Crippen molar-refractivity contribution in [3.63, 3.8) is 0 Å². The molecule has 0 aliphatic heterocycles. The van der Waals surface area contributed by atoms with Gasteiger partial charge in [-0.05, 0) is 12.1 Å². The second kappa shape index (κ2) is 3.79. The fourth-order valence-corrected chi connectivity index (χ4v) is 1.98. The first-order chi connectivity index (χ1) is 7.56. The van der Waals surface area contributed by atoms with Gasteiger partial charge in [-0.2, -0.15) is 0 Å². The van der Waals surface area contributed by atoms with Crippen molar-refractivity contribution in [2.75, 3.05) is 7.11 Å². The van der Waals surface area contributed by atoms with Crippen molar-refractivity contribution in [1.82, 2.24) is 4.57 Å². The van der Waals surface area contributed by atoms with Gasteiger partial charge in [-0.25, -0.2) is 9.18 Å². The number of nitrogens with zero attached hydrogens (tertiary/aromatic N) is 1. The Kier molecular flexibility index (Phi) is 2.59. The summed E-state index contributed by atoms with van der Waals surface area (Å²) in [5, 5.41) is 0.521. The van der Waals surface area contributed by atoms with E-state index < -0.39 is 11.8 Å². The molecule has 0 aliphatic carbocycles. The number of rotatable bonds is 1. The van der Waals surface area contributed by atoms with E-state index in [-0.39, 0.29) is 16.0 Å². The van der Waals surface area contributed by atoms with Crippen molar-refractivity contribution in [3.05, 3.63) is 34.7 Å². The molecule has 0 fully saturated rings. The molecule has 0 radical (unpaired) electrons. The number of aromatic nitrogens is 1. The molecule has 0 spiro atoms. The highest BCUT2D eigenvalue weighted by Gasteiger charge is 2.18. The van der Waals surface area contributed by atoms with Crippen LogP contribution in [0.25, 0.3) is 10.9 Å². The number of hydrogen-bond acceptors (Lipinski definition) is 2. The lowest BCUT2D eigenvalue weighted by Crippen LogP contribution is -2.04. The number of benzene rings is 1. The lowest BCUT2D eigenvalue weighted by atomic mass is 10.1. The summed E-state index contributed by atoms with van der Waals surface area (Å²) in [5.74, 6) is -1.35. The minimum atomic E-state index is -0.709. The molecule has 0 bridgehead atoms. The number of fused-ring (bicyclic) bond motifs is 1. The molecule has 2 aromatic rings. The second-order valence-electron chi connectivity index (χ2n) is 3.40. The summed E-state index contributed by atoms with van der Waals surface area (Å²) in [7, 11) is 2.96. The highest BCUT2D eigenvalue weighted by atomic mass is 35.5. The summed E-state index contributed by atoms with van der Waals surface area (Å²) < 4.78 is 20.2. The predicted octanol–water partition coefficient (Wildman–Crippen LogP) is 2.76. The van der Waals surface area contributed by atoms with Gasteiger partial charge in [0.25, 0.3) is 0 Å². The fraction of sp³-hybridized carbons (Fsp3) is 0.182. The van der Waals surface area contributed by atoms with Gasteiger partial charge in [-0.3, -0.25) is 0 Å². The minimum Gasteiger partial charge on any atom is -0.465 e. The van der Waals surface area contributed by atoms with Gasteiger partial charge in [0.1, 0.15) is 5.82 Å². The third kappa shape index (κ3) is 1.46. The normalized spacial score (nSPS) is 10.8. The van der Waals surface area contributed by atoms with Crippen LogP contribution in [-0.2, 0) is 11.8 Å². The lowest BCUT2D eigenvalue weighted by Gasteiger charge is -2.03. The zero-order valence-electron chi connectivity index (χ0n) is 8.75. The van der Waals surface area contributed by atoms with E-state index in [0.717, 1.165) is 0 Å². The van der Waals surface area contributed by atoms with Crippen LogP contribution in [0.4, 0.5) is 4.39 Å². The van der Waals surface area contributed by atoms with E-state index in [1.165, 1.54) is 13.2 Å². The third-order valence-electron chi connectivity index (χ3n) is 2.45. The average Bonchev–Trinajstić information content (AvgIpc) is 2.54. The highest BCUT2D eigenvalue weighted by Crippen LogP contribution is 2.29. The van der Waals surface area contributed by atoms with Crippen LogP contribution in [-0.4, -0.2) is 17.6 Å². The van der Waals surface area contributed by atoms with E-state index in [0.29, 0.717) is 5.52 Å². The van der Waals surface area contributed by atoms with Crippen molar-refractivity contribution >= 4 is 28.5 Å². The Morgan fingerprint density at radius 2 is 2.19 bits per heavy atom. The fourth-order valence-electron chi connectivity index (χ4n) is 1.66. The molecule has 0 amide bonds. The molecule has 0 saturated carbocycles. The van der Waals surface area contributed by atoms with E-state index in [1.54, 1.807) is 23.9 Å². The van der Waals surface area contributed by atoms with Crippen LogP contribution < -0.4 is 0 Å². The van der Waals surface area contributed by atoms with Crippen LogP contribution >= 0.6 is 11.6 Å². The number of aryl methyl sites for hydroxylation is 1. The van der Waals surface area contributed by atoms with Crippen LogP contribution in [0.1, 0.15) is 10.4 Å². The Morgan fingerprint density at radius 3 is 2.81 bits per heavy atom. The molecule has 0 saturated heterocycles. The summed E-state index contributed by atoms with van der Waals surface area (Å²) in [6.07, 6.45) is 1.59. The number of ether oxygens (including phenoxy) is 1. The summed E-state index contributed by atoms with van der Waals surface area (Å²) in [5.41, 5.74) is 0.526. The standard InChI is InChI=1S/C11H9ClFNO2/c1-14-5-7(12)9-8(14)4-3-6(10(9)13)11(15)16-2/h3-5H,1-2H3. The molecule has 2 rings (SSSR count). The topological polar surface area (TPSA) is 31.2 Å². The number of esters is 1. The molecule has 3 nitrogen and oxygen atoms in total. The molecule has 0 aliphatic rings. The molecule has 1 aromatic heterocycles. The average molecular weight is 242 g/mol. The van der Waals surface area contributed by atoms with Crippen molar-refractivity contribution in [3.8, 4) is 0 Å². The van der Waals surface area contributed by atoms with Gasteiger partial charge in [0.15, 0.2) is 0 Å². The molecular formula is C11H9ClFNO2. The number of carbonyl (C=O) groups excluding carboxylic acids is 1. The largest absolute Gasteiger partial charge is 0.465 e. The summed E-state index contributed by atoms with van der Waals surface area (Å²) in [6.45, 7) is 0. The quantitative estimate of drug-likeness (QED) is 0.719. The lowest BCUT2D eigenvalue weighted by molar-refractivity contribution is 0.0596. The van der Waals surface area contributed by atoms with Gasteiger partial charge >= 0.3 is 5.97 Å². The van der Waals surface area contributed by atoms with Gasteiger partial charge in [0.2, 0.25) is 0 Å². The van der Waals surface area contributed by atoms with E-state index in [4.69, 9.17) is 11.6 Å². The van der Waals surface area contributed by atoms with Gasteiger partial charge < -0.3 is 9.30 Å². The maximum atomic E-state index is 14.0. The van der Waals surface area contributed by atoms with Crippen LogP contribution in [0.15, 0.2) is 18.3 Å². The van der Waals surface area contributed by atoms with Crippen LogP contribution in [0.3, 0.4) is 0 Å². The summed E-state index contributed by atoms with van der Waals surface area (Å²) in [4.78, 5) is 11.3. The van der Waals surface area contributed by atoms with E-state index in [9.17, 15) is 9.18 Å². The van der Waals surface area contributed by atoms with Crippen molar-refractivity contribution in [2.24, 2.45) is 7.05 Å². The van der Waals surface area contributed by atoms with Gasteiger partial charge in [-0.1, -0.05) is 11.6 Å². The molecule has 0 atom stereocenters. The van der Waals surface area contributed by atoms with Crippen molar-refractivity contribution in [2.45, 2.75) is 0 Å². The second-order valence-corrected chi connectivity index (χ2v) is 3.81. The molecule has 5 heteroatoms. The number of halogens is 2. The first kappa shape index (κ1) is 11.0. The third-order valence-corrected chi connectivity index (χ3v) is 2.74. The Balaban J connectivity index is 2.79. The Bertz CT molecular complexity index is 577. The first-order valence-electron chi connectivity index (χ1n) is 4.57. The SMILES string of the molecule is COC(=O)c1ccc2c(c(Cl)cn2C)c1F. The summed E-state index contributed by atoms with van der Waals surface area (Å²) in [6, 6.07) is 3.02. The Labute approximate surface area is 96.4 Å². The zero-order valence-corrected chi connectivity index (χ0v) is 9.51. The number of methoxy groups -OCH3 is 1. The van der Waals surface area contributed by atoms with Crippen LogP contribution in [0.2, 0.25) is 5.02 Å². The van der Waals surface area contributed by atoms with E-state index in [2.05, 4.69) is 4.74 Å². The van der Waals surface area contributed by atoms with Crippen molar-refractivity contribution < 1.29 is 13.9 Å².